The Morgan fingerprint density at radius 1 is 1.19 bits per heavy atom. The van der Waals surface area contributed by atoms with E-state index in [1.165, 1.54) is 6.07 Å². The molecule has 1 aromatic heterocycles. The van der Waals surface area contributed by atoms with Gasteiger partial charge in [0, 0.05) is 18.2 Å². The molecule has 0 aliphatic rings. The first-order valence-electron chi connectivity index (χ1n) is 6.90. The second-order valence-corrected chi connectivity index (χ2v) is 5.26. The Kier molecular flexibility index (Phi) is 5.33. The van der Waals surface area contributed by atoms with Gasteiger partial charge >= 0.3 is 0 Å². The molecule has 0 fully saturated rings. The SMILES string of the molecule is CC(C)CNCc1ccoc1COc1ccc(F)c(F)c1. The van der Waals surface area contributed by atoms with Crippen molar-refractivity contribution in [2.45, 2.75) is 27.0 Å². The lowest BCUT2D eigenvalue weighted by atomic mass is 10.2. The van der Waals surface area contributed by atoms with E-state index in [-0.39, 0.29) is 12.4 Å². The molecule has 0 saturated heterocycles. The van der Waals surface area contributed by atoms with E-state index in [0.29, 0.717) is 18.2 Å². The van der Waals surface area contributed by atoms with Crippen LogP contribution in [-0.2, 0) is 13.2 Å². The number of nitrogens with one attached hydrogen (secondary N) is 1. The van der Waals surface area contributed by atoms with Gasteiger partial charge in [0.2, 0.25) is 0 Å². The van der Waals surface area contributed by atoms with Crippen LogP contribution in [-0.4, -0.2) is 6.54 Å². The molecule has 0 bridgehead atoms. The molecule has 1 aromatic carbocycles. The van der Waals surface area contributed by atoms with Gasteiger partial charge in [-0.2, -0.15) is 0 Å². The highest BCUT2D eigenvalue weighted by Gasteiger charge is 2.09. The fourth-order valence-corrected chi connectivity index (χ4v) is 1.86. The van der Waals surface area contributed by atoms with Gasteiger partial charge in [-0.25, -0.2) is 8.78 Å². The van der Waals surface area contributed by atoms with Gasteiger partial charge in [-0.05, 0) is 30.7 Å². The third kappa shape index (κ3) is 4.56. The molecule has 2 rings (SSSR count). The van der Waals surface area contributed by atoms with Crippen LogP contribution in [0.5, 0.6) is 5.75 Å². The highest BCUT2D eigenvalue weighted by Crippen LogP contribution is 2.18. The smallest absolute Gasteiger partial charge is 0.162 e. The molecular formula is C16H19F2NO2. The molecule has 2 aromatic rings. The summed E-state index contributed by atoms with van der Waals surface area (Å²) in [5.74, 6) is -0.300. The van der Waals surface area contributed by atoms with Crippen LogP contribution in [0.1, 0.15) is 25.2 Å². The third-order valence-electron chi connectivity index (χ3n) is 2.97. The quantitative estimate of drug-likeness (QED) is 0.841. The highest BCUT2D eigenvalue weighted by molar-refractivity contribution is 5.24. The maximum absolute atomic E-state index is 13.1. The second kappa shape index (κ2) is 7.22. The Balaban J connectivity index is 1.91. The van der Waals surface area contributed by atoms with Crippen molar-refractivity contribution >= 4 is 0 Å². The van der Waals surface area contributed by atoms with Gasteiger partial charge in [-0.1, -0.05) is 13.8 Å². The monoisotopic (exact) mass is 295 g/mol. The Hall–Kier alpha value is -1.88. The maximum atomic E-state index is 13.1. The molecule has 0 amide bonds. The van der Waals surface area contributed by atoms with Gasteiger partial charge in [0.05, 0.1) is 6.26 Å². The van der Waals surface area contributed by atoms with Crippen LogP contribution < -0.4 is 10.1 Å². The van der Waals surface area contributed by atoms with E-state index in [1.54, 1.807) is 6.26 Å². The Morgan fingerprint density at radius 3 is 2.71 bits per heavy atom. The van der Waals surface area contributed by atoms with Gasteiger partial charge in [0.1, 0.15) is 18.1 Å². The lowest BCUT2D eigenvalue weighted by Gasteiger charge is -2.09. The summed E-state index contributed by atoms with van der Waals surface area (Å²) in [5, 5.41) is 3.32. The maximum Gasteiger partial charge on any atom is 0.162 e. The number of furan rings is 1. The van der Waals surface area contributed by atoms with E-state index in [0.717, 1.165) is 24.2 Å². The molecule has 0 atom stereocenters. The first-order chi connectivity index (χ1) is 10.1. The summed E-state index contributed by atoms with van der Waals surface area (Å²) in [4.78, 5) is 0. The number of rotatable bonds is 7. The topological polar surface area (TPSA) is 34.4 Å². The molecule has 5 heteroatoms. The first kappa shape index (κ1) is 15.5. The molecule has 0 spiro atoms. The van der Waals surface area contributed by atoms with Crippen LogP contribution in [0.15, 0.2) is 34.9 Å². The first-order valence-corrected chi connectivity index (χ1v) is 6.90. The van der Waals surface area contributed by atoms with Crippen molar-refractivity contribution in [2.24, 2.45) is 5.92 Å². The van der Waals surface area contributed by atoms with Crippen molar-refractivity contribution < 1.29 is 17.9 Å². The zero-order valence-corrected chi connectivity index (χ0v) is 12.2. The average Bonchev–Trinajstić information content (AvgIpc) is 2.87. The molecule has 0 aliphatic carbocycles. The minimum atomic E-state index is -0.925. The van der Waals surface area contributed by atoms with Crippen molar-refractivity contribution in [1.29, 1.82) is 0 Å². The van der Waals surface area contributed by atoms with E-state index in [2.05, 4.69) is 19.2 Å². The standard InChI is InChI=1S/C16H19F2NO2/c1-11(2)8-19-9-12-5-6-20-16(12)10-21-13-3-4-14(17)15(18)7-13/h3-7,11,19H,8-10H2,1-2H3. The fourth-order valence-electron chi connectivity index (χ4n) is 1.86. The van der Waals surface area contributed by atoms with Crippen LogP contribution in [0.3, 0.4) is 0 Å². The van der Waals surface area contributed by atoms with Gasteiger partial charge < -0.3 is 14.5 Å². The van der Waals surface area contributed by atoms with Crippen LogP contribution in [0.4, 0.5) is 8.78 Å². The lowest BCUT2D eigenvalue weighted by Crippen LogP contribution is -2.19. The molecule has 3 nitrogen and oxygen atoms in total. The summed E-state index contributed by atoms with van der Waals surface area (Å²) < 4.78 is 36.7. The molecule has 1 N–H and O–H groups in total. The average molecular weight is 295 g/mol. The zero-order chi connectivity index (χ0) is 15.2. The van der Waals surface area contributed by atoms with Gasteiger partial charge in [0.15, 0.2) is 11.6 Å². The third-order valence-corrected chi connectivity index (χ3v) is 2.97. The predicted octanol–water partition coefficient (Wildman–Crippen LogP) is 3.88. The molecular weight excluding hydrogens is 276 g/mol. The van der Waals surface area contributed by atoms with Crippen LogP contribution in [0, 0.1) is 17.6 Å². The summed E-state index contributed by atoms with van der Waals surface area (Å²) in [6.07, 6.45) is 1.59. The Morgan fingerprint density at radius 2 is 2.00 bits per heavy atom. The second-order valence-electron chi connectivity index (χ2n) is 5.26. The summed E-state index contributed by atoms with van der Waals surface area (Å²) in [5.41, 5.74) is 0.998. The van der Waals surface area contributed by atoms with Gasteiger partial charge in [-0.15, -0.1) is 0 Å². The fraction of sp³-hybridized carbons (Fsp3) is 0.375. The van der Waals surface area contributed by atoms with Gasteiger partial charge in [-0.3, -0.25) is 0 Å². The van der Waals surface area contributed by atoms with Crippen molar-refractivity contribution in [2.75, 3.05) is 6.54 Å². The molecule has 21 heavy (non-hydrogen) atoms. The number of hydrogen-bond acceptors (Lipinski definition) is 3. The number of halogens is 2. The zero-order valence-electron chi connectivity index (χ0n) is 12.2. The summed E-state index contributed by atoms with van der Waals surface area (Å²) in [7, 11) is 0. The summed E-state index contributed by atoms with van der Waals surface area (Å²) in [6.45, 7) is 6.04. The lowest BCUT2D eigenvalue weighted by molar-refractivity contribution is 0.266. The summed E-state index contributed by atoms with van der Waals surface area (Å²) >= 11 is 0. The van der Waals surface area contributed by atoms with Crippen molar-refractivity contribution in [1.82, 2.24) is 5.32 Å². The molecule has 1 heterocycles. The molecule has 0 saturated carbocycles. The molecule has 0 aliphatic heterocycles. The molecule has 0 unspecified atom stereocenters. The van der Waals surface area contributed by atoms with Crippen molar-refractivity contribution in [3.8, 4) is 5.75 Å². The van der Waals surface area contributed by atoms with Crippen LogP contribution in [0.25, 0.3) is 0 Å². The van der Waals surface area contributed by atoms with E-state index < -0.39 is 11.6 Å². The van der Waals surface area contributed by atoms with Crippen LogP contribution >= 0.6 is 0 Å². The van der Waals surface area contributed by atoms with Crippen LogP contribution in [0.2, 0.25) is 0 Å². The Bertz CT molecular complexity index is 581. The van der Waals surface area contributed by atoms with Crippen molar-refractivity contribution in [3.05, 3.63) is 53.5 Å². The molecule has 114 valence electrons. The predicted molar refractivity (Wildman–Crippen MR) is 75.9 cm³/mol. The Labute approximate surface area is 122 Å². The van der Waals surface area contributed by atoms with Gasteiger partial charge in [0.25, 0.3) is 0 Å². The molecule has 0 radical (unpaired) electrons. The minimum Gasteiger partial charge on any atom is -0.486 e. The largest absolute Gasteiger partial charge is 0.486 e. The highest BCUT2D eigenvalue weighted by atomic mass is 19.2. The summed E-state index contributed by atoms with van der Waals surface area (Å²) in [6, 6.07) is 5.32. The van der Waals surface area contributed by atoms with E-state index in [4.69, 9.17) is 9.15 Å². The minimum absolute atomic E-state index is 0.177. The van der Waals surface area contributed by atoms with E-state index >= 15 is 0 Å². The number of hydrogen-bond donors (Lipinski definition) is 1. The number of ether oxygens (including phenoxy) is 1. The normalized spacial score (nSPS) is 11.1. The number of benzene rings is 1. The van der Waals surface area contributed by atoms with Crippen molar-refractivity contribution in [3.63, 3.8) is 0 Å². The van der Waals surface area contributed by atoms with E-state index in [9.17, 15) is 8.78 Å². The van der Waals surface area contributed by atoms with E-state index in [1.807, 2.05) is 6.07 Å².